The van der Waals surface area contributed by atoms with Gasteiger partial charge in [0.25, 0.3) is 0 Å². The number of aryl methyl sites for hydroxylation is 1. The minimum absolute atomic E-state index is 0.0130. The molecule has 0 aromatic heterocycles. The van der Waals surface area contributed by atoms with Crippen LogP contribution in [0.2, 0.25) is 0 Å². The first-order valence-corrected chi connectivity index (χ1v) is 6.64. The van der Waals surface area contributed by atoms with Gasteiger partial charge in [0, 0.05) is 10.2 Å². The second-order valence-electron chi connectivity index (χ2n) is 4.33. The summed E-state index contributed by atoms with van der Waals surface area (Å²) in [5, 5.41) is 2.74. The van der Waals surface area contributed by atoms with E-state index in [4.69, 9.17) is 0 Å². The summed E-state index contributed by atoms with van der Waals surface area (Å²) in [6.07, 6.45) is 0.0130. The van der Waals surface area contributed by atoms with E-state index in [9.17, 15) is 9.18 Å². The van der Waals surface area contributed by atoms with Crippen LogP contribution < -0.4 is 5.32 Å². The first kappa shape index (κ1) is 13.7. The number of nitrogens with one attached hydrogen (secondary N) is 1. The summed E-state index contributed by atoms with van der Waals surface area (Å²) in [6, 6.07) is 12.0. The lowest BCUT2D eigenvalue weighted by Crippen LogP contribution is -2.15. The van der Waals surface area contributed by atoms with E-state index in [1.807, 2.05) is 31.2 Å². The standard InChI is InChI=1S/C15H13BrFNO/c1-10-2-5-13(6-3-10)18-15(19)9-11-8-12(16)4-7-14(11)17/h2-8H,9H2,1H3,(H,18,19). The molecular weight excluding hydrogens is 309 g/mol. The predicted molar refractivity (Wildman–Crippen MR) is 77.6 cm³/mol. The molecule has 1 amide bonds. The topological polar surface area (TPSA) is 29.1 Å². The largest absolute Gasteiger partial charge is 0.326 e. The van der Waals surface area contributed by atoms with Gasteiger partial charge in [0.15, 0.2) is 0 Å². The van der Waals surface area contributed by atoms with E-state index in [1.165, 1.54) is 6.07 Å². The van der Waals surface area contributed by atoms with Crippen molar-refractivity contribution < 1.29 is 9.18 Å². The van der Waals surface area contributed by atoms with Gasteiger partial charge in [-0.05, 0) is 42.8 Å². The molecule has 2 rings (SSSR count). The van der Waals surface area contributed by atoms with E-state index in [1.54, 1.807) is 12.1 Å². The van der Waals surface area contributed by atoms with Crippen LogP contribution in [0.15, 0.2) is 46.9 Å². The second kappa shape index (κ2) is 5.97. The average molecular weight is 322 g/mol. The van der Waals surface area contributed by atoms with E-state index < -0.39 is 0 Å². The minimum atomic E-state index is -0.373. The van der Waals surface area contributed by atoms with E-state index in [2.05, 4.69) is 21.2 Å². The Morgan fingerprint density at radius 2 is 1.89 bits per heavy atom. The number of rotatable bonds is 3. The highest BCUT2D eigenvalue weighted by atomic mass is 79.9. The molecule has 0 radical (unpaired) electrons. The SMILES string of the molecule is Cc1ccc(NC(=O)Cc2cc(Br)ccc2F)cc1. The van der Waals surface area contributed by atoms with Crippen molar-refractivity contribution in [3.63, 3.8) is 0 Å². The van der Waals surface area contributed by atoms with E-state index in [0.717, 1.165) is 10.0 Å². The van der Waals surface area contributed by atoms with Crippen LogP contribution in [0.5, 0.6) is 0 Å². The third-order valence-electron chi connectivity index (χ3n) is 2.69. The fourth-order valence-electron chi connectivity index (χ4n) is 1.69. The van der Waals surface area contributed by atoms with Crippen molar-refractivity contribution in [1.29, 1.82) is 0 Å². The van der Waals surface area contributed by atoms with Crippen LogP contribution in [0.4, 0.5) is 10.1 Å². The van der Waals surface area contributed by atoms with Crippen LogP contribution >= 0.6 is 15.9 Å². The molecule has 19 heavy (non-hydrogen) atoms. The molecule has 2 nitrogen and oxygen atoms in total. The summed E-state index contributed by atoms with van der Waals surface area (Å²) < 4.78 is 14.3. The molecule has 0 saturated carbocycles. The van der Waals surface area contributed by atoms with E-state index >= 15 is 0 Å². The molecule has 0 spiro atoms. The van der Waals surface area contributed by atoms with Gasteiger partial charge in [0.05, 0.1) is 6.42 Å². The number of carbonyl (C=O) groups is 1. The van der Waals surface area contributed by atoms with Crippen molar-refractivity contribution in [1.82, 2.24) is 0 Å². The molecule has 1 N–H and O–H groups in total. The minimum Gasteiger partial charge on any atom is -0.326 e. The van der Waals surface area contributed by atoms with Crippen LogP contribution in [0.25, 0.3) is 0 Å². The summed E-state index contributed by atoms with van der Waals surface area (Å²) in [7, 11) is 0. The number of anilines is 1. The van der Waals surface area contributed by atoms with Crippen LogP contribution in [0.1, 0.15) is 11.1 Å². The number of benzene rings is 2. The van der Waals surface area contributed by atoms with Gasteiger partial charge in [-0.3, -0.25) is 4.79 Å². The molecular formula is C15H13BrFNO. The van der Waals surface area contributed by atoms with E-state index in [0.29, 0.717) is 11.3 Å². The molecule has 4 heteroatoms. The highest BCUT2D eigenvalue weighted by molar-refractivity contribution is 9.10. The molecule has 98 valence electrons. The molecule has 0 saturated heterocycles. The Hall–Kier alpha value is -1.68. The summed E-state index contributed by atoms with van der Waals surface area (Å²) in [5.41, 5.74) is 2.21. The zero-order valence-electron chi connectivity index (χ0n) is 10.4. The van der Waals surface area contributed by atoms with Crippen molar-refractivity contribution >= 4 is 27.5 Å². The smallest absolute Gasteiger partial charge is 0.228 e. The lowest BCUT2D eigenvalue weighted by Gasteiger charge is -2.07. The molecule has 2 aromatic carbocycles. The molecule has 0 aliphatic heterocycles. The quantitative estimate of drug-likeness (QED) is 0.906. The fraction of sp³-hybridized carbons (Fsp3) is 0.133. The van der Waals surface area contributed by atoms with Gasteiger partial charge < -0.3 is 5.32 Å². The highest BCUT2D eigenvalue weighted by Gasteiger charge is 2.09. The van der Waals surface area contributed by atoms with Crippen LogP contribution in [-0.4, -0.2) is 5.91 Å². The number of halogens is 2. The van der Waals surface area contributed by atoms with Crippen molar-refractivity contribution in [2.45, 2.75) is 13.3 Å². The van der Waals surface area contributed by atoms with Gasteiger partial charge in [0.1, 0.15) is 5.82 Å². The van der Waals surface area contributed by atoms with Crippen molar-refractivity contribution in [2.24, 2.45) is 0 Å². The molecule has 0 bridgehead atoms. The average Bonchev–Trinajstić information content (AvgIpc) is 2.37. The lowest BCUT2D eigenvalue weighted by atomic mass is 10.1. The Kier molecular flexibility index (Phi) is 4.32. The van der Waals surface area contributed by atoms with Crippen molar-refractivity contribution in [3.05, 3.63) is 63.9 Å². The Labute approximate surface area is 119 Å². The maximum atomic E-state index is 13.5. The second-order valence-corrected chi connectivity index (χ2v) is 5.24. The summed E-state index contributed by atoms with van der Waals surface area (Å²) in [4.78, 5) is 11.8. The molecule has 2 aromatic rings. The fourth-order valence-corrected chi connectivity index (χ4v) is 2.10. The Bertz CT molecular complexity index is 596. The monoisotopic (exact) mass is 321 g/mol. The molecule has 0 fully saturated rings. The van der Waals surface area contributed by atoms with E-state index in [-0.39, 0.29) is 18.1 Å². The Morgan fingerprint density at radius 3 is 2.58 bits per heavy atom. The number of hydrogen-bond acceptors (Lipinski definition) is 1. The molecule has 0 atom stereocenters. The summed E-state index contributed by atoms with van der Waals surface area (Å²) >= 11 is 3.26. The number of carbonyl (C=O) groups excluding carboxylic acids is 1. The normalized spacial score (nSPS) is 10.3. The highest BCUT2D eigenvalue weighted by Crippen LogP contribution is 2.17. The Balaban J connectivity index is 2.05. The number of hydrogen-bond donors (Lipinski definition) is 1. The van der Waals surface area contributed by atoms with Crippen molar-refractivity contribution in [3.8, 4) is 0 Å². The van der Waals surface area contributed by atoms with Crippen LogP contribution in [0, 0.1) is 12.7 Å². The van der Waals surface area contributed by atoms with Gasteiger partial charge in [-0.1, -0.05) is 33.6 Å². The molecule has 0 heterocycles. The lowest BCUT2D eigenvalue weighted by molar-refractivity contribution is -0.115. The molecule has 0 unspecified atom stereocenters. The third kappa shape index (κ3) is 3.89. The van der Waals surface area contributed by atoms with Gasteiger partial charge in [-0.15, -0.1) is 0 Å². The van der Waals surface area contributed by atoms with Gasteiger partial charge in [0.2, 0.25) is 5.91 Å². The third-order valence-corrected chi connectivity index (χ3v) is 3.19. The summed E-state index contributed by atoms with van der Waals surface area (Å²) in [5.74, 6) is -0.608. The zero-order valence-corrected chi connectivity index (χ0v) is 12.0. The van der Waals surface area contributed by atoms with Gasteiger partial charge in [-0.2, -0.15) is 0 Å². The first-order chi connectivity index (χ1) is 9.04. The zero-order chi connectivity index (χ0) is 13.8. The molecule has 0 aliphatic rings. The van der Waals surface area contributed by atoms with Gasteiger partial charge in [-0.25, -0.2) is 4.39 Å². The van der Waals surface area contributed by atoms with Gasteiger partial charge >= 0.3 is 0 Å². The van der Waals surface area contributed by atoms with Crippen LogP contribution in [0.3, 0.4) is 0 Å². The Morgan fingerprint density at radius 1 is 1.21 bits per heavy atom. The summed E-state index contributed by atoms with van der Waals surface area (Å²) in [6.45, 7) is 1.97. The number of amides is 1. The van der Waals surface area contributed by atoms with Crippen LogP contribution in [-0.2, 0) is 11.2 Å². The predicted octanol–water partition coefficient (Wildman–Crippen LogP) is 4.08. The van der Waals surface area contributed by atoms with Crippen molar-refractivity contribution in [2.75, 3.05) is 5.32 Å². The maximum Gasteiger partial charge on any atom is 0.228 e. The maximum absolute atomic E-state index is 13.5. The molecule has 0 aliphatic carbocycles. The first-order valence-electron chi connectivity index (χ1n) is 5.85.